The Morgan fingerprint density at radius 1 is 0.657 bits per heavy atom. The minimum Gasteiger partial charge on any atom is -0.394 e. The summed E-state index contributed by atoms with van der Waals surface area (Å²) in [5.74, 6) is 3.87. The largest absolute Gasteiger partial charge is 0.394 e. The van der Waals surface area contributed by atoms with Gasteiger partial charge in [-0.3, -0.25) is 0 Å². The van der Waals surface area contributed by atoms with Crippen LogP contribution in [0.2, 0.25) is 0 Å². The van der Waals surface area contributed by atoms with E-state index in [9.17, 15) is 0 Å². The molecule has 2 aliphatic carbocycles. The Labute approximate surface area is 203 Å². The average Bonchev–Trinajstić information content (AvgIpc) is 3.45. The molecule has 4 atom stereocenters. The van der Waals surface area contributed by atoms with Gasteiger partial charge >= 0.3 is 0 Å². The van der Waals surface area contributed by atoms with Gasteiger partial charge in [-0.25, -0.2) is 0 Å². The lowest BCUT2D eigenvalue weighted by atomic mass is 9.81. The van der Waals surface area contributed by atoms with Gasteiger partial charge in [0.2, 0.25) is 23.8 Å². The zero-order chi connectivity index (χ0) is 24.6. The zero-order valence-electron chi connectivity index (χ0n) is 19.6. The number of fused-ring (bicyclic) bond motifs is 2. The molecule has 14 nitrogen and oxygen atoms in total. The second-order valence-electron chi connectivity index (χ2n) is 8.72. The standard InChI is InChI=1S/C21H34N10O4/c22-18-26-16(28-20(30-18)24-1-5-34-7-3-32)14-10-13-9-12(14)11-15(13)17-27-19(23)31-21(29-17)25-2-6-35-8-4-33/h12-15,32-33H,1-11H2,(H3,22,24,26,28,30)(H3,23,25,27,29,31). The van der Waals surface area contributed by atoms with Crippen LogP contribution in [0.1, 0.15) is 42.7 Å². The normalized spacial score (nSPS) is 23.0. The molecule has 192 valence electrons. The Morgan fingerprint density at radius 2 is 1.11 bits per heavy atom. The number of nitrogens with zero attached hydrogens (tertiary/aromatic N) is 6. The summed E-state index contributed by atoms with van der Waals surface area (Å²) >= 11 is 0. The highest BCUT2D eigenvalue weighted by atomic mass is 16.5. The summed E-state index contributed by atoms with van der Waals surface area (Å²) in [6.07, 6.45) is 2.88. The van der Waals surface area contributed by atoms with Crippen molar-refractivity contribution in [1.29, 1.82) is 0 Å². The molecule has 14 heteroatoms. The Kier molecular flexibility index (Phi) is 8.74. The average molecular weight is 491 g/mol. The third kappa shape index (κ3) is 6.60. The van der Waals surface area contributed by atoms with Crippen molar-refractivity contribution in [3.8, 4) is 0 Å². The fourth-order valence-electron chi connectivity index (χ4n) is 5.02. The third-order valence-electron chi connectivity index (χ3n) is 6.39. The van der Waals surface area contributed by atoms with Crippen molar-refractivity contribution in [2.75, 3.05) is 74.8 Å². The molecule has 0 radical (unpaired) electrons. The molecule has 8 N–H and O–H groups in total. The molecule has 2 aromatic heterocycles. The van der Waals surface area contributed by atoms with Gasteiger partial charge in [0.15, 0.2) is 0 Å². The fraction of sp³-hybridized carbons (Fsp3) is 0.714. The lowest BCUT2D eigenvalue weighted by Gasteiger charge is -2.26. The number of hydrogen-bond acceptors (Lipinski definition) is 14. The lowest BCUT2D eigenvalue weighted by Crippen LogP contribution is -2.22. The summed E-state index contributed by atoms with van der Waals surface area (Å²) in [5.41, 5.74) is 11.9. The SMILES string of the molecule is Nc1nc(NCCOCCO)nc(C2CC3CC2CC3c2nc(N)nc(NCCOCCO)n2)n1. The van der Waals surface area contributed by atoms with E-state index in [0.717, 1.165) is 19.3 Å². The van der Waals surface area contributed by atoms with Gasteiger partial charge in [0.25, 0.3) is 0 Å². The Balaban J connectivity index is 1.36. The molecule has 2 heterocycles. The van der Waals surface area contributed by atoms with Crippen molar-refractivity contribution >= 4 is 23.8 Å². The van der Waals surface area contributed by atoms with E-state index >= 15 is 0 Å². The molecule has 35 heavy (non-hydrogen) atoms. The maximum absolute atomic E-state index is 8.78. The first-order valence-electron chi connectivity index (χ1n) is 11.9. The van der Waals surface area contributed by atoms with Crippen molar-refractivity contribution in [2.45, 2.75) is 31.1 Å². The number of anilines is 4. The number of nitrogens with two attached hydrogens (primary N) is 2. The van der Waals surface area contributed by atoms with Gasteiger partial charge in [-0.2, -0.15) is 29.9 Å². The number of nitrogen functional groups attached to an aromatic ring is 2. The third-order valence-corrected chi connectivity index (χ3v) is 6.39. The molecule has 2 saturated carbocycles. The zero-order valence-corrected chi connectivity index (χ0v) is 19.6. The highest BCUT2D eigenvalue weighted by Gasteiger charge is 2.49. The van der Waals surface area contributed by atoms with Crippen LogP contribution in [0.15, 0.2) is 0 Å². The van der Waals surface area contributed by atoms with E-state index in [0.29, 0.717) is 74.9 Å². The highest BCUT2D eigenvalue weighted by molar-refractivity contribution is 5.34. The molecule has 2 bridgehead atoms. The monoisotopic (exact) mass is 490 g/mol. The van der Waals surface area contributed by atoms with Crippen LogP contribution in [-0.4, -0.2) is 92.8 Å². The van der Waals surface area contributed by atoms with Crippen LogP contribution in [0.4, 0.5) is 23.8 Å². The van der Waals surface area contributed by atoms with Crippen molar-refractivity contribution in [3.63, 3.8) is 0 Å². The van der Waals surface area contributed by atoms with Crippen LogP contribution < -0.4 is 22.1 Å². The van der Waals surface area contributed by atoms with Gasteiger partial charge in [0.1, 0.15) is 11.6 Å². The number of aliphatic hydroxyl groups excluding tert-OH is 2. The van der Waals surface area contributed by atoms with Crippen molar-refractivity contribution < 1.29 is 19.7 Å². The summed E-state index contributed by atoms with van der Waals surface area (Å²) < 4.78 is 10.5. The lowest BCUT2D eigenvalue weighted by molar-refractivity contribution is 0.0991. The molecule has 0 aromatic carbocycles. The van der Waals surface area contributed by atoms with Gasteiger partial charge in [0, 0.05) is 24.9 Å². The van der Waals surface area contributed by atoms with Crippen molar-refractivity contribution in [3.05, 3.63) is 11.6 Å². The summed E-state index contributed by atoms with van der Waals surface area (Å²) in [6.45, 7) is 2.44. The Morgan fingerprint density at radius 3 is 1.51 bits per heavy atom. The molecule has 0 aliphatic heterocycles. The minimum atomic E-state index is -0.0105. The Hall–Kier alpha value is -2.94. The van der Waals surface area contributed by atoms with Crippen LogP contribution in [0.25, 0.3) is 0 Å². The quantitative estimate of drug-likeness (QED) is 0.182. The predicted molar refractivity (Wildman–Crippen MR) is 128 cm³/mol. The van der Waals surface area contributed by atoms with E-state index in [-0.39, 0.29) is 36.9 Å². The molecule has 2 aromatic rings. The predicted octanol–water partition coefficient (Wildman–Crippen LogP) is -0.640. The van der Waals surface area contributed by atoms with Gasteiger partial charge in [-0.05, 0) is 31.1 Å². The molecule has 0 amide bonds. The van der Waals surface area contributed by atoms with Crippen LogP contribution in [0, 0.1) is 11.8 Å². The van der Waals surface area contributed by atoms with Crippen LogP contribution in [-0.2, 0) is 9.47 Å². The smallest absolute Gasteiger partial charge is 0.227 e. The molecular formula is C21H34N10O4. The van der Waals surface area contributed by atoms with E-state index in [2.05, 4.69) is 40.5 Å². The van der Waals surface area contributed by atoms with E-state index in [1.54, 1.807) is 0 Å². The molecule has 0 spiro atoms. The first-order valence-corrected chi connectivity index (χ1v) is 11.9. The van der Waals surface area contributed by atoms with E-state index in [1.807, 2.05) is 0 Å². The highest BCUT2D eigenvalue weighted by Crippen LogP contribution is 2.58. The maximum Gasteiger partial charge on any atom is 0.227 e. The number of aliphatic hydroxyl groups is 2. The van der Waals surface area contributed by atoms with E-state index in [1.165, 1.54) is 0 Å². The van der Waals surface area contributed by atoms with E-state index < -0.39 is 0 Å². The molecule has 4 unspecified atom stereocenters. The minimum absolute atomic E-state index is 0.0105. The van der Waals surface area contributed by atoms with Crippen LogP contribution in [0.3, 0.4) is 0 Å². The number of nitrogens with one attached hydrogen (secondary N) is 2. The maximum atomic E-state index is 8.78. The van der Waals surface area contributed by atoms with Crippen LogP contribution in [0.5, 0.6) is 0 Å². The topological polar surface area (TPSA) is 212 Å². The first-order chi connectivity index (χ1) is 17.1. The molecule has 0 saturated heterocycles. The first kappa shape index (κ1) is 25.2. The summed E-state index contributed by atoms with van der Waals surface area (Å²) in [6, 6.07) is 0. The number of hydrogen-bond donors (Lipinski definition) is 6. The number of ether oxygens (including phenoxy) is 2. The summed E-state index contributed by atoms with van der Waals surface area (Å²) in [7, 11) is 0. The summed E-state index contributed by atoms with van der Waals surface area (Å²) in [4.78, 5) is 26.4. The van der Waals surface area contributed by atoms with Gasteiger partial charge < -0.3 is 41.8 Å². The second-order valence-corrected chi connectivity index (χ2v) is 8.72. The molecule has 4 rings (SSSR count). The second kappa shape index (κ2) is 12.2. The Bertz CT molecular complexity index is 892. The van der Waals surface area contributed by atoms with Crippen LogP contribution >= 0.6 is 0 Å². The van der Waals surface area contributed by atoms with Gasteiger partial charge in [-0.1, -0.05) is 0 Å². The summed E-state index contributed by atoms with van der Waals surface area (Å²) in [5, 5.41) is 23.8. The van der Waals surface area contributed by atoms with Gasteiger partial charge in [-0.15, -0.1) is 0 Å². The molecular weight excluding hydrogens is 456 g/mol. The molecule has 2 aliphatic rings. The number of aromatic nitrogens is 6. The number of rotatable bonds is 14. The van der Waals surface area contributed by atoms with Gasteiger partial charge in [0.05, 0.1) is 39.6 Å². The van der Waals surface area contributed by atoms with Crippen molar-refractivity contribution in [1.82, 2.24) is 29.9 Å². The van der Waals surface area contributed by atoms with E-state index in [4.69, 9.17) is 31.2 Å². The fourth-order valence-corrected chi connectivity index (χ4v) is 5.02. The molecule has 2 fully saturated rings. The van der Waals surface area contributed by atoms with Crippen molar-refractivity contribution in [2.24, 2.45) is 11.8 Å².